The number of nitrogens with zero attached hydrogens (tertiary/aromatic N) is 1. The molecule has 7 nitrogen and oxygen atoms in total. The molecule has 1 aromatic heterocycles. The molecule has 0 saturated carbocycles. The van der Waals surface area contributed by atoms with Crippen LogP contribution in [0.1, 0.15) is 22.3 Å². The van der Waals surface area contributed by atoms with Gasteiger partial charge in [-0.2, -0.15) is 11.8 Å². The molecule has 1 unspecified atom stereocenters. The molecule has 1 fully saturated rings. The largest absolute Gasteiger partial charge is 0.473 e. The van der Waals surface area contributed by atoms with Gasteiger partial charge in [0.05, 0.1) is 10.5 Å². The maximum atomic E-state index is 12.2. The lowest BCUT2D eigenvalue weighted by atomic mass is 10.2. The fourth-order valence-corrected chi connectivity index (χ4v) is 4.05. The van der Waals surface area contributed by atoms with Crippen molar-refractivity contribution in [1.29, 1.82) is 0 Å². The standard InChI is InChI=1S/C17H19N3O4S2/c18-26(22,23)15-4-1-12(2-5-15)9-20-17(21)13-3-6-16(19-10-13)24-14-7-8-25-11-14/h1-6,10,14H,7-9,11H2,(H,20,21)(H2,18,22,23). The lowest BCUT2D eigenvalue weighted by Gasteiger charge is -2.11. The molecule has 1 aromatic carbocycles. The maximum absolute atomic E-state index is 12.2. The number of thioether (sulfide) groups is 1. The van der Waals surface area contributed by atoms with Crippen LogP contribution in [0.4, 0.5) is 0 Å². The molecule has 26 heavy (non-hydrogen) atoms. The molecule has 0 aliphatic carbocycles. The zero-order chi connectivity index (χ0) is 18.6. The monoisotopic (exact) mass is 393 g/mol. The van der Waals surface area contributed by atoms with Crippen LogP contribution >= 0.6 is 11.8 Å². The van der Waals surface area contributed by atoms with Crippen molar-refractivity contribution in [2.45, 2.75) is 24.0 Å². The van der Waals surface area contributed by atoms with E-state index >= 15 is 0 Å². The van der Waals surface area contributed by atoms with Crippen molar-refractivity contribution < 1.29 is 17.9 Å². The predicted octanol–water partition coefficient (Wildman–Crippen LogP) is 1.54. The Labute approximate surface area is 156 Å². The molecule has 1 aliphatic rings. The van der Waals surface area contributed by atoms with Gasteiger partial charge in [-0.05, 0) is 35.9 Å². The highest BCUT2D eigenvalue weighted by Crippen LogP contribution is 2.22. The second-order valence-corrected chi connectivity index (χ2v) is 8.57. The molecule has 1 atom stereocenters. The summed E-state index contributed by atoms with van der Waals surface area (Å²) in [6, 6.07) is 9.39. The summed E-state index contributed by atoms with van der Waals surface area (Å²) in [5, 5.41) is 7.81. The first kappa shape index (κ1) is 18.7. The molecule has 3 rings (SSSR count). The van der Waals surface area contributed by atoms with Crippen molar-refractivity contribution in [1.82, 2.24) is 10.3 Å². The number of hydrogen-bond acceptors (Lipinski definition) is 6. The minimum Gasteiger partial charge on any atom is -0.473 e. The Balaban J connectivity index is 1.54. The number of primary sulfonamides is 1. The summed E-state index contributed by atoms with van der Waals surface area (Å²) in [7, 11) is -3.72. The number of carbonyl (C=O) groups is 1. The van der Waals surface area contributed by atoms with Crippen molar-refractivity contribution in [3.63, 3.8) is 0 Å². The topological polar surface area (TPSA) is 111 Å². The van der Waals surface area contributed by atoms with E-state index in [2.05, 4.69) is 10.3 Å². The summed E-state index contributed by atoms with van der Waals surface area (Å²) in [6.07, 6.45) is 2.68. The second kappa shape index (κ2) is 8.07. The molecule has 1 aliphatic heterocycles. The van der Waals surface area contributed by atoms with Gasteiger partial charge in [0, 0.05) is 24.6 Å². The fraction of sp³-hybridized carbons (Fsp3) is 0.294. The number of amides is 1. The van der Waals surface area contributed by atoms with Crippen molar-refractivity contribution in [2.24, 2.45) is 5.14 Å². The van der Waals surface area contributed by atoms with Crippen LogP contribution in [0.5, 0.6) is 5.88 Å². The van der Waals surface area contributed by atoms with Gasteiger partial charge < -0.3 is 10.1 Å². The summed E-state index contributed by atoms with van der Waals surface area (Å²) < 4.78 is 28.2. The average Bonchev–Trinajstić information content (AvgIpc) is 3.13. The zero-order valence-corrected chi connectivity index (χ0v) is 15.6. The van der Waals surface area contributed by atoms with Gasteiger partial charge in [-0.1, -0.05) is 12.1 Å². The van der Waals surface area contributed by atoms with E-state index < -0.39 is 10.0 Å². The molecule has 0 bridgehead atoms. The van der Waals surface area contributed by atoms with Crippen LogP contribution in [-0.2, 0) is 16.6 Å². The minimum atomic E-state index is -3.72. The summed E-state index contributed by atoms with van der Waals surface area (Å²) in [5.41, 5.74) is 1.19. The highest BCUT2D eigenvalue weighted by molar-refractivity contribution is 7.99. The molecule has 2 heterocycles. The number of ether oxygens (including phenoxy) is 1. The molecule has 3 N–H and O–H groups in total. The van der Waals surface area contributed by atoms with Gasteiger partial charge in [0.1, 0.15) is 6.10 Å². The van der Waals surface area contributed by atoms with E-state index in [9.17, 15) is 13.2 Å². The average molecular weight is 393 g/mol. The number of benzene rings is 1. The van der Waals surface area contributed by atoms with Crippen molar-refractivity contribution in [3.05, 3.63) is 53.7 Å². The Morgan fingerprint density at radius 3 is 2.62 bits per heavy atom. The number of hydrogen-bond donors (Lipinski definition) is 2. The Kier molecular flexibility index (Phi) is 5.80. The normalized spacial score (nSPS) is 17.0. The quantitative estimate of drug-likeness (QED) is 0.770. The number of sulfonamides is 1. The smallest absolute Gasteiger partial charge is 0.253 e. The SMILES string of the molecule is NS(=O)(=O)c1ccc(CNC(=O)c2ccc(OC3CCSC3)nc2)cc1. The van der Waals surface area contributed by atoms with Crippen LogP contribution in [0.2, 0.25) is 0 Å². The van der Waals surface area contributed by atoms with E-state index in [0.717, 1.165) is 23.5 Å². The lowest BCUT2D eigenvalue weighted by Crippen LogP contribution is -2.23. The Morgan fingerprint density at radius 2 is 2.04 bits per heavy atom. The highest BCUT2D eigenvalue weighted by atomic mass is 32.2. The van der Waals surface area contributed by atoms with Crippen LogP contribution in [-0.4, -0.2) is 36.9 Å². The molecule has 0 spiro atoms. The van der Waals surface area contributed by atoms with E-state index in [1.165, 1.54) is 18.3 Å². The highest BCUT2D eigenvalue weighted by Gasteiger charge is 2.17. The Morgan fingerprint density at radius 1 is 1.27 bits per heavy atom. The fourth-order valence-electron chi connectivity index (χ4n) is 2.44. The molecular weight excluding hydrogens is 374 g/mol. The number of aromatic nitrogens is 1. The number of rotatable bonds is 6. The van der Waals surface area contributed by atoms with E-state index in [4.69, 9.17) is 9.88 Å². The van der Waals surface area contributed by atoms with Gasteiger partial charge in [0.2, 0.25) is 15.9 Å². The van der Waals surface area contributed by atoms with Crippen molar-refractivity contribution in [2.75, 3.05) is 11.5 Å². The molecule has 9 heteroatoms. The van der Waals surface area contributed by atoms with Crippen LogP contribution in [0.25, 0.3) is 0 Å². The molecule has 2 aromatic rings. The summed E-state index contributed by atoms with van der Waals surface area (Å²) in [4.78, 5) is 16.4. The third-order valence-corrected chi connectivity index (χ3v) is 5.94. The summed E-state index contributed by atoms with van der Waals surface area (Å²) in [6.45, 7) is 0.265. The van der Waals surface area contributed by atoms with Gasteiger partial charge in [-0.25, -0.2) is 18.5 Å². The molecule has 1 amide bonds. The first-order valence-corrected chi connectivity index (χ1v) is 10.7. The molecule has 0 radical (unpaired) electrons. The minimum absolute atomic E-state index is 0.0352. The summed E-state index contributed by atoms with van der Waals surface area (Å²) in [5.74, 6) is 2.32. The number of nitrogens with one attached hydrogen (secondary N) is 1. The van der Waals surface area contributed by atoms with Crippen LogP contribution in [0, 0.1) is 0 Å². The second-order valence-electron chi connectivity index (χ2n) is 5.86. The van der Waals surface area contributed by atoms with Crippen molar-refractivity contribution in [3.8, 4) is 5.88 Å². The molecule has 138 valence electrons. The van der Waals surface area contributed by atoms with Crippen molar-refractivity contribution >= 4 is 27.7 Å². The van der Waals surface area contributed by atoms with E-state index in [0.29, 0.717) is 11.4 Å². The van der Waals surface area contributed by atoms with Gasteiger partial charge in [-0.3, -0.25) is 4.79 Å². The van der Waals surface area contributed by atoms with Crippen LogP contribution in [0.3, 0.4) is 0 Å². The van der Waals surface area contributed by atoms with E-state index in [1.807, 2.05) is 11.8 Å². The number of pyridine rings is 1. The molecule has 1 saturated heterocycles. The third-order valence-electron chi connectivity index (χ3n) is 3.88. The first-order chi connectivity index (χ1) is 12.4. The number of carbonyl (C=O) groups excluding carboxylic acids is 1. The molecular formula is C17H19N3O4S2. The zero-order valence-electron chi connectivity index (χ0n) is 13.9. The lowest BCUT2D eigenvalue weighted by molar-refractivity contribution is 0.0950. The Hall–Kier alpha value is -2.10. The van der Waals surface area contributed by atoms with Crippen LogP contribution in [0.15, 0.2) is 47.5 Å². The van der Waals surface area contributed by atoms with Gasteiger partial charge >= 0.3 is 0 Å². The van der Waals surface area contributed by atoms with E-state index in [1.54, 1.807) is 24.3 Å². The Bertz CT molecular complexity index is 862. The first-order valence-electron chi connectivity index (χ1n) is 8.02. The van der Waals surface area contributed by atoms with Gasteiger partial charge in [0.25, 0.3) is 5.91 Å². The predicted molar refractivity (Wildman–Crippen MR) is 99.6 cm³/mol. The summed E-state index contributed by atoms with van der Waals surface area (Å²) >= 11 is 1.86. The van der Waals surface area contributed by atoms with Crippen LogP contribution < -0.4 is 15.2 Å². The van der Waals surface area contributed by atoms with E-state index in [-0.39, 0.29) is 23.5 Å². The third kappa shape index (κ3) is 4.96. The maximum Gasteiger partial charge on any atom is 0.253 e. The van der Waals surface area contributed by atoms with Gasteiger partial charge in [-0.15, -0.1) is 0 Å². The number of nitrogens with two attached hydrogens (primary N) is 1. The van der Waals surface area contributed by atoms with Gasteiger partial charge in [0.15, 0.2) is 0 Å².